The zero-order valence-corrected chi connectivity index (χ0v) is 41.7. The van der Waals surface area contributed by atoms with Gasteiger partial charge < -0.3 is 150 Å². The van der Waals surface area contributed by atoms with Crippen molar-refractivity contribution in [2.75, 3.05) is 46.1 Å². The molecule has 0 radical (unpaired) electrons. The minimum Gasteiger partial charge on any atom is -0.394 e. The third kappa shape index (κ3) is 14.7. The lowest BCUT2D eigenvalue weighted by Crippen LogP contribution is -2.70. The number of nitrogens with zero attached hydrogens (tertiary/aromatic N) is 1. The molecule has 0 spiro atoms. The van der Waals surface area contributed by atoms with E-state index in [1.165, 1.54) is 6.92 Å². The molecular weight excluding hydrogens is 1050 g/mol. The van der Waals surface area contributed by atoms with Crippen LogP contribution >= 0.6 is 0 Å². The Kier molecular flexibility index (Phi) is 23.7. The molecule has 0 aromatic heterocycles. The van der Waals surface area contributed by atoms with Gasteiger partial charge in [-0.2, -0.15) is 0 Å². The standard InChI is InChI=1S/C43H75N3O31/c1-13-21(52)25(56)29(60)40(67-13)77-37-26(57)22(53)16(9-47)71-43(37)75-35-20(45-14(2)51)38(69-17(10-48)23(35)54)76-36-24(55)18(11-49)70-42(32(36)63)74-34-19(12-50)72-41(31(62)28(34)59)73-33-15(8-46(64)65)68-39(30(61)27(33)58)66-7-5-3-4-6-44/h13,15-43,47-50,52-63H,3-12,44H2,1-2H3,(H,45,51)/t13-,15+,16+,17+,18+,19+,20+,21+,22-,23-,24-,25+,26-,27+,28+,29-,30+,31+,32+,33+,34-,35+,36-,37+,38-,39+,40-,41-,42+,43-/m0/s1. The summed E-state index contributed by atoms with van der Waals surface area (Å²) < 4.78 is 68.9. The fraction of sp³-hybridized carbons (Fsp3) is 0.977. The highest BCUT2D eigenvalue weighted by atomic mass is 16.8. The van der Waals surface area contributed by atoms with Gasteiger partial charge in [0, 0.05) is 18.5 Å². The van der Waals surface area contributed by atoms with Crippen molar-refractivity contribution in [2.45, 2.75) is 217 Å². The summed E-state index contributed by atoms with van der Waals surface area (Å²) in [5.74, 6) is -0.876. The van der Waals surface area contributed by atoms with Gasteiger partial charge in [-0.1, -0.05) is 0 Å². The van der Waals surface area contributed by atoms with Crippen LogP contribution in [-0.2, 0) is 61.6 Å². The molecule has 6 rings (SSSR count). The lowest BCUT2D eigenvalue weighted by molar-refractivity contribution is -0.505. The van der Waals surface area contributed by atoms with E-state index >= 15 is 0 Å². The van der Waals surface area contributed by atoms with Crippen molar-refractivity contribution < 1.29 is 148 Å². The normalized spacial score (nSPS) is 47.8. The number of aliphatic hydroxyl groups is 16. The highest BCUT2D eigenvalue weighted by Gasteiger charge is 2.58. The van der Waals surface area contributed by atoms with Crippen LogP contribution in [0.3, 0.4) is 0 Å². The molecule has 0 unspecified atom stereocenters. The quantitative estimate of drug-likeness (QED) is 0.0257. The average Bonchev–Trinajstić information content (AvgIpc) is 3.39. The van der Waals surface area contributed by atoms with Gasteiger partial charge in [0.15, 0.2) is 43.8 Å². The number of carbonyl (C=O) groups excluding carboxylic acids is 1. The van der Waals surface area contributed by atoms with Gasteiger partial charge in [-0.25, -0.2) is 0 Å². The van der Waals surface area contributed by atoms with E-state index in [0.29, 0.717) is 25.8 Å². The first-order valence-electron chi connectivity index (χ1n) is 25.0. The summed E-state index contributed by atoms with van der Waals surface area (Å²) in [5, 5.41) is 188. The Balaban J connectivity index is 1.20. The monoisotopic (exact) mass is 1130 g/mol. The van der Waals surface area contributed by atoms with Crippen molar-refractivity contribution >= 4 is 5.91 Å². The van der Waals surface area contributed by atoms with E-state index in [2.05, 4.69) is 5.32 Å². The Hall–Kier alpha value is -2.29. The smallest absolute Gasteiger partial charge is 0.232 e. The first-order valence-corrected chi connectivity index (χ1v) is 25.0. The van der Waals surface area contributed by atoms with Crippen LogP contribution in [0, 0.1) is 10.1 Å². The summed E-state index contributed by atoms with van der Waals surface area (Å²) in [6.07, 6.45) is -53.1. The van der Waals surface area contributed by atoms with Crippen LogP contribution in [0.4, 0.5) is 0 Å². The number of carbonyl (C=O) groups is 1. The van der Waals surface area contributed by atoms with Gasteiger partial charge in [-0.05, 0) is 32.7 Å². The number of aliphatic hydroxyl groups excluding tert-OH is 16. The molecule has 0 saturated carbocycles. The topological polar surface area (TPSA) is 533 Å². The van der Waals surface area contributed by atoms with Crippen LogP contribution in [0.2, 0.25) is 0 Å². The van der Waals surface area contributed by atoms with Crippen molar-refractivity contribution in [3.63, 3.8) is 0 Å². The van der Waals surface area contributed by atoms with Crippen LogP contribution in [0.1, 0.15) is 33.1 Å². The maximum Gasteiger partial charge on any atom is 0.232 e. The van der Waals surface area contributed by atoms with Crippen molar-refractivity contribution in [1.82, 2.24) is 5.32 Å². The SMILES string of the molecule is CC(=O)N[C@H]1[C@H](O[C@H]2[C@@H](O)[C@@H](CO)O[C@H](O[C@@H]3[C@H](O)[C@@H](O)[C@H](O[C@H]4[C@H](O)[C@@H](O)[C@H](OCCCCCN)O[C@@H]4C[N+](=O)[O-])O[C@@H]3CO)[C@@H]2O)O[C@H](CO)[C@H](O)[C@@H]1O[C@@H]1O[C@H](CO)[C@H](O)[C@H](O)[C@H]1O[C@@H]1O[C@@H](C)[C@@H](O)[C@@H](O)[C@@H]1O. The Labute approximate surface area is 438 Å². The molecule has 0 aromatic rings. The number of nitrogens with one attached hydrogen (secondary N) is 1. The number of unbranched alkanes of at least 4 members (excludes halogenated alkanes) is 2. The predicted octanol–water partition coefficient (Wildman–Crippen LogP) is -11.5. The van der Waals surface area contributed by atoms with Gasteiger partial charge in [0.05, 0.1) is 32.5 Å². The Morgan fingerprint density at radius 3 is 1.51 bits per heavy atom. The first kappa shape index (κ1) is 63.9. The van der Waals surface area contributed by atoms with Crippen molar-refractivity contribution in [3.8, 4) is 0 Å². The summed E-state index contributed by atoms with van der Waals surface area (Å²) in [7, 11) is 0. The molecule has 448 valence electrons. The number of rotatable bonds is 23. The fourth-order valence-corrected chi connectivity index (χ4v) is 9.73. The Bertz CT molecular complexity index is 1820. The molecule has 0 aromatic carbocycles. The van der Waals surface area contributed by atoms with E-state index in [1.807, 2.05) is 0 Å². The molecule has 30 atom stereocenters. The minimum atomic E-state index is -2.25. The Morgan fingerprint density at radius 2 is 0.922 bits per heavy atom. The highest BCUT2D eigenvalue weighted by Crippen LogP contribution is 2.37. The predicted molar refractivity (Wildman–Crippen MR) is 241 cm³/mol. The van der Waals surface area contributed by atoms with Crippen molar-refractivity contribution in [1.29, 1.82) is 0 Å². The van der Waals surface area contributed by atoms with E-state index in [1.54, 1.807) is 0 Å². The van der Waals surface area contributed by atoms with Gasteiger partial charge in [-0.15, -0.1) is 0 Å². The molecule has 6 aliphatic heterocycles. The number of amides is 1. The summed E-state index contributed by atoms with van der Waals surface area (Å²) in [4.78, 5) is 23.7. The van der Waals surface area contributed by atoms with E-state index in [9.17, 15) is 96.6 Å². The number of hydrogen-bond acceptors (Lipinski definition) is 32. The molecule has 6 heterocycles. The third-order valence-corrected chi connectivity index (χ3v) is 14.1. The van der Waals surface area contributed by atoms with E-state index in [-0.39, 0.29) is 6.61 Å². The van der Waals surface area contributed by atoms with Crippen LogP contribution in [0.15, 0.2) is 0 Å². The van der Waals surface area contributed by atoms with E-state index in [4.69, 9.17) is 62.6 Å². The lowest BCUT2D eigenvalue weighted by atomic mass is 9.94. The maximum atomic E-state index is 12.8. The van der Waals surface area contributed by atoms with Gasteiger partial charge in [0.2, 0.25) is 12.5 Å². The largest absolute Gasteiger partial charge is 0.394 e. The van der Waals surface area contributed by atoms with Crippen molar-refractivity contribution in [3.05, 3.63) is 10.1 Å². The van der Waals surface area contributed by atoms with Crippen molar-refractivity contribution in [2.24, 2.45) is 5.73 Å². The molecule has 1 amide bonds. The number of ether oxygens (including phenoxy) is 12. The molecule has 6 aliphatic rings. The van der Waals surface area contributed by atoms with Gasteiger partial charge in [0.1, 0.15) is 134 Å². The molecular formula is C43H75N3O31. The Morgan fingerprint density at radius 1 is 0.481 bits per heavy atom. The second-order valence-corrected chi connectivity index (χ2v) is 19.5. The molecule has 0 bridgehead atoms. The summed E-state index contributed by atoms with van der Waals surface area (Å²) in [6, 6.07) is -1.81. The summed E-state index contributed by atoms with van der Waals surface area (Å²) in [5.41, 5.74) is 5.50. The van der Waals surface area contributed by atoms with E-state index < -0.39 is 228 Å². The molecule has 6 saturated heterocycles. The molecule has 0 aliphatic carbocycles. The van der Waals surface area contributed by atoms with Gasteiger partial charge in [-0.3, -0.25) is 14.9 Å². The summed E-state index contributed by atoms with van der Waals surface area (Å²) >= 11 is 0. The average molecular weight is 1130 g/mol. The first-order chi connectivity index (χ1) is 36.5. The number of hydrogen-bond donors (Lipinski definition) is 18. The van der Waals surface area contributed by atoms with Gasteiger partial charge >= 0.3 is 0 Å². The molecule has 77 heavy (non-hydrogen) atoms. The maximum absolute atomic E-state index is 12.8. The zero-order chi connectivity index (χ0) is 56.7. The van der Waals surface area contributed by atoms with Crippen LogP contribution in [0.25, 0.3) is 0 Å². The fourth-order valence-electron chi connectivity index (χ4n) is 9.73. The van der Waals surface area contributed by atoms with Crippen LogP contribution in [-0.4, -0.2) is 323 Å². The summed E-state index contributed by atoms with van der Waals surface area (Å²) in [6.45, 7) is -2.36. The van der Waals surface area contributed by atoms with Crippen LogP contribution in [0.5, 0.6) is 0 Å². The molecule has 34 heteroatoms. The zero-order valence-electron chi connectivity index (χ0n) is 41.7. The van der Waals surface area contributed by atoms with Gasteiger partial charge in [0.25, 0.3) is 0 Å². The second kappa shape index (κ2) is 28.6. The second-order valence-electron chi connectivity index (χ2n) is 19.5. The number of nitrogens with two attached hydrogens (primary N) is 1. The molecule has 6 fully saturated rings. The molecule has 19 N–H and O–H groups in total. The molecule has 34 nitrogen and oxygen atoms in total. The lowest BCUT2D eigenvalue weighted by Gasteiger charge is -2.51. The number of nitro groups is 1. The third-order valence-electron chi connectivity index (χ3n) is 14.1. The minimum absolute atomic E-state index is 0.0211. The highest BCUT2D eigenvalue weighted by molar-refractivity contribution is 5.73. The van der Waals surface area contributed by atoms with E-state index in [0.717, 1.165) is 6.92 Å². The van der Waals surface area contributed by atoms with Crippen LogP contribution < -0.4 is 11.1 Å².